The molecule has 1 aliphatic rings. The Labute approximate surface area is 215 Å². The maximum absolute atomic E-state index is 12.8. The van der Waals surface area contributed by atoms with Gasteiger partial charge in [-0.25, -0.2) is 4.79 Å². The van der Waals surface area contributed by atoms with Gasteiger partial charge in [0.15, 0.2) is 0 Å². The Morgan fingerprint density at radius 1 is 0.919 bits per heavy atom. The lowest BCUT2D eigenvalue weighted by atomic mass is 10.1. The maximum atomic E-state index is 12.8. The van der Waals surface area contributed by atoms with Gasteiger partial charge in [0.05, 0.1) is 11.1 Å². The molecule has 2 aromatic carbocycles. The summed E-state index contributed by atoms with van der Waals surface area (Å²) in [6, 6.07) is 11.0. The van der Waals surface area contributed by atoms with Crippen LogP contribution in [0.3, 0.4) is 0 Å². The van der Waals surface area contributed by atoms with Crippen molar-refractivity contribution in [1.29, 1.82) is 0 Å². The van der Waals surface area contributed by atoms with E-state index in [0.717, 1.165) is 0 Å². The minimum absolute atomic E-state index is 0.0333. The number of carbonyl (C=O) groups excluding carboxylic acids is 5. The van der Waals surface area contributed by atoms with Crippen molar-refractivity contribution in [2.45, 2.75) is 46.6 Å². The number of rotatable bonds is 8. The molecule has 2 aromatic rings. The van der Waals surface area contributed by atoms with E-state index in [9.17, 15) is 24.0 Å². The minimum Gasteiger partial charge on any atom is -0.444 e. The van der Waals surface area contributed by atoms with Crippen molar-refractivity contribution < 1.29 is 28.7 Å². The largest absolute Gasteiger partial charge is 0.444 e. The minimum atomic E-state index is -0.627. The van der Waals surface area contributed by atoms with E-state index in [2.05, 4.69) is 16.0 Å². The second-order valence-electron chi connectivity index (χ2n) is 10.1. The van der Waals surface area contributed by atoms with E-state index >= 15 is 0 Å². The summed E-state index contributed by atoms with van der Waals surface area (Å²) in [4.78, 5) is 63.2. The lowest BCUT2D eigenvalue weighted by Crippen LogP contribution is -2.34. The zero-order chi connectivity index (χ0) is 27.3. The summed E-state index contributed by atoms with van der Waals surface area (Å²) in [6.07, 6.45) is -0.568. The molecule has 0 saturated heterocycles. The van der Waals surface area contributed by atoms with E-state index in [-0.39, 0.29) is 47.4 Å². The van der Waals surface area contributed by atoms with Crippen molar-refractivity contribution in [2.75, 3.05) is 23.7 Å². The molecule has 10 nitrogen and oxygen atoms in total. The fraction of sp³-hybridized carbons (Fsp3) is 0.370. The monoisotopic (exact) mass is 508 g/mol. The number of hydrogen-bond donors (Lipinski definition) is 3. The SMILES string of the molecule is CC(C)CN1C(=O)c2ccc(C(=O)Nc3cccc(NC(=O)CCNC(=O)OC(C)(C)C)c3)cc2C1=O. The summed E-state index contributed by atoms with van der Waals surface area (Å²) in [5.41, 5.74) is 0.984. The zero-order valence-electron chi connectivity index (χ0n) is 21.6. The van der Waals surface area contributed by atoms with E-state index < -0.39 is 23.5 Å². The number of hydrogen-bond acceptors (Lipinski definition) is 6. The van der Waals surface area contributed by atoms with Crippen LogP contribution < -0.4 is 16.0 Å². The lowest BCUT2D eigenvalue weighted by Gasteiger charge is -2.19. The number of amides is 5. The van der Waals surface area contributed by atoms with Crippen LogP contribution in [0.15, 0.2) is 42.5 Å². The van der Waals surface area contributed by atoms with Crippen LogP contribution in [-0.4, -0.2) is 53.3 Å². The zero-order valence-corrected chi connectivity index (χ0v) is 21.6. The summed E-state index contributed by atoms with van der Waals surface area (Å²) in [5.74, 6) is -1.43. The van der Waals surface area contributed by atoms with Crippen LogP contribution in [0, 0.1) is 5.92 Å². The highest BCUT2D eigenvalue weighted by Crippen LogP contribution is 2.25. The topological polar surface area (TPSA) is 134 Å². The van der Waals surface area contributed by atoms with Gasteiger partial charge in [-0.15, -0.1) is 0 Å². The number of imide groups is 1. The van der Waals surface area contributed by atoms with Crippen LogP contribution in [0.5, 0.6) is 0 Å². The number of nitrogens with one attached hydrogen (secondary N) is 3. The lowest BCUT2D eigenvalue weighted by molar-refractivity contribution is -0.116. The third-order valence-corrected chi connectivity index (χ3v) is 5.21. The second-order valence-corrected chi connectivity index (χ2v) is 10.1. The normalized spacial score (nSPS) is 12.9. The first kappa shape index (κ1) is 27.4. The smallest absolute Gasteiger partial charge is 0.407 e. The van der Waals surface area contributed by atoms with Crippen LogP contribution in [0.1, 0.15) is 72.1 Å². The standard InChI is InChI=1S/C27H32N4O6/c1-16(2)15-31-24(34)20-10-9-17(13-21(20)25(31)35)23(33)30-19-8-6-7-18(14-19)29-22(32)11-12-28-26(36)37-27(3,4)5/h6-10,13-14,16H,11-12,15H2,1-5H3,(H,28,36)(H,29,32)(H,30,33). The van der Waals surface area contributed by atoms with Gasteiger partial charge in [0, 0.05) is 36.4 Å². The number of ether oxygens (including phenoxy) is 1. The molecule has 0 bridgehead atoms. The van der Waals surface area contributed by atoms with Gasteiger partial charge < -0.3 is 20.7 Å². The average molecular weight is 509 g/mol. The third kappa shape index (κ3) is 7.39. The number of fused-ring (bicyclic) bond motifs is 1. The quantitative estimate of drug-likeness (QED) is 0.461. The molecule has 0 aliphatic carbocycles. The molecule has 1 aliphatic heterocycles. The van der Waals surface area contributed by atoms with Gasteiger partial charge in [0.2, 0.25) is 5.91 Å². The molecule has 3 N–H and O–H groups in total. The molecule has 10 heteroatoms. The van der Waals surface area contributed by atoms with E-state index in [1.807, 2.05) is 13.8 Å². The molecule has 0 spiro atoms. The molecule has 0 fully saturated rings. The first-order valence-corrected chi connectivity index (χ1v) is 12.0. The van der Waals surface area contributed by atoms with Crippen molar-refractivity contribution in [2.24, 2.45) is 5.92 Å². The molecule has 0 unspecified atom stereocenters. The molecule has 3 rings (SSSR count). The number of carbonyl (C=O) groups is 5. The van der Waals surface area contributed by atoms with Gasteiger partial charge in [0.25, 0.3) is 17.7 Å². The molecule has 5 amide bonds. The first-order valence-electron chi connectivity index (χ1n) is 12.0. The second kappa shape index (κ2) is 11.2. The summed E-state index contributed by atoms with van der Waals surface area (Å²) in [5, 5.41) is 7.97. The number of benzene rings is 2. The molecule has 0 atom stereocenters. The Kier molecular flexibility index (Phi) is 8.31. The van der Waals surface area contributed by atoms with E-state index in [0.29, 0.717) is 17.9 Å². The molecule has 0 radical (unpaired) electrons. The highest BCUT2D eigenvalue weighted by Gasteiger charge is 2.36. The molecule has 196 valence electrons. The van der Waals surface area contributed by atoms with Gasteiger partial charge in [-0.05, 0) is 63.1 Å². The van der Waals surface area contributed by atoms with Crippen LogP contribution >= 0.6 is 0 Å². The fourth-order valence-corrected chi connectivity index (χ4v) is 3.66. The summed E-state index contributed by atoms with van der Waals surface area (Å²) in [7, 11) is 0. The molecule has 37 heavy (non-hydrogen) atoms. The molecular weight excluding hydrogens is 476 g/mol. The van der Waals surface area contributed by atoms with Gasteiger partial charge in [0.1, 0.15) is 5.60 Å². The Morgan fingerprint density at radius 2 is 1.57 bits per heavy atom. The van der Waals surface area contributed by atoms with Crippen molar-refractivity contribution in [3.8, 4) is 0 Å². The van der Waals surface area contributed by atoms with Crippen molar-refractivity contribution in [3.05, 3.63) is 59.2 Å². The van der Waals surface area contributed by atoms with Crippen LogP contribution in [0.4, 0.5) is 16.2 Å². The van der Waals surface area contributed by atoms with E-state index in [1.54, 1.807) is 45.0 Å². The van der Waals surface area contributed by atoms with Crippen LogP contribution in [0.25, 0.3) is 0 Å². The Hall–Kier alpha value is -4.21. The third-order valence-electron chi connectivity index (χ3n) is 5.21. The van der Waals surface area contributed by atoms with Crippen molar-refractivity contribution in [3.63, 3.8) is 0 Å². The van der Waals surface area contributed by atoms with Crippen molar-refractivity contribution >= 4 is 41.1 Å². The molecule has 1 heterocycles. The highest BCUT2D eigenvalue weighted by atomic mass is 16.6. The van der Waals surface area contributed by atoms with E-state index in [1.165, 1.54) is 23.1 Å². The Morgan fingerprint density at radius 3 is 2.22 bits per heavy atom. The highest BCUT2D eigenvalue weighted by molar-refractivity contribution is 6.22. The fourth-order valence-electron chi connectivity index (χ4n) is 3.66. The van der Waals surface area contributed by atoms with Gasteiger partial charge in [-0.1, -0.05) is 19.9 Å². The first-order chi connectivity index (χ1) is 17.3. The number of anilines is 2. The summed E-state index contributed by atoms with van der Waals surface area (Å²) in [6.45, 7) is 9.49. The van der Waals surface area contributed by atoms with E-state index in [4.69, 9.17) is 4.74 Å². The molecule has 0 saturated carbocycles. The Balaban J connectivity index is 1.58. The molecule has 0 aromatic heterocycles. The summed E-state index contributed by atoms with van der Waals surface area (Å²) < 4.78 is 5.12. The van der Waals surface area contributed by atoms with Crippen molar-refractivity contribution in [1.82, 2.24) is 10.2 Å². The predicted octanol–water partition coefficient (Wildman–Crippen LogP) is 4.04. The van der Waals surface area contributed by atoms with Gasteiger partial charge >= 0.3 is 6.09 Å². The molecular formula is C27H32N4O6. The Bertz CT molecular complexity index is 1230. The van der Waals surface area contributed by atoms with Gasteiger partial charge in [-0.2, -0.15) is 0 Å². The summed E-state index contributed by atoms with van der Waals surface area (Å²) >= 11 is 0. The van der Waals surface area contributed by atoms with Gasteiger partial charge in [-0.3, -0.25) is 24.1 Å². The number of alkyl carbamates (subject to hydrolysis) is 1. The van der Waals surface area contributed by atoms with Crippen LogP contribution in [0.2, 0.25) is 0 Å². The maximum Gasteiger partial charge on any atom is 0.407 e. The van der Waals surface area contributed by atoms with Crippen LogP contribution in [-0.2, 0) is 9.53 Å². The average Bonchev–Trinajstić information content (AvgIpc) is 3.02. The predicted molar refractivity (Wildman–Crippen MR) is 139 cm³/mol. The number of nitrogens with zero attached hydrogens (tertiary/aromatic N) is 1.